The fourth-order valence-electron chi connectivity index (χ4n) is 2.45. The molecule has 0 fully saturated rings. The van der Waals surface area contributed by atoms with Gasteiger partial charge in [0.25, 0.3) is 0 Å². The zero-order valence-electron chi connectivity index (χ0n) is 14.0. The molecule has 0 bridgehead atoms. The van der Waals surface area contributed by atoms with Crippen molar-refractivity contribution in [1.29, 1.82) is 0 Å². The molecule has 4 nitrogen and oxygen atoms in total. The van der Waals surface area contributed by atoms with Crippen LogP contribution in [-0.4, -0.2) is 22.2 Å². The second kappa shape index (κ2) is 9.98. The van der Waals surface area contributed by atoms with Gasteiger partial charge in [-0.1, -0.05) is 51.1 Å². The Morgan fingerprint density at radius 2 is 1.68 bits per heavy atom. The molecule has 0 aliphatic carbocycles. The van der Waals surface area contributed by atoms with Gasteiger partial charge in [0.15, 0.2) is 0 Å². The Balaban J connectivity index is 0.00000211. The predicted molar refractivity (Wildman–Crippen MR) is 88.1 cm³/mol. The smallest absolute Gasteiger partial charge is 0.309 e. The maximum Gasteiger partial charge on any atom is 0.309 e. The van der Waals surface area contributed by atoms with Crippen LogP contribution >= 0.6 is 0 Å². The minimum absolute atomic E-state index is 0.117. The summed E-state index contributed by atoms with van der Waals surface area (Å²) in [6, 6.07) is 9.79. The molecule has 1 aromatic rings. The SMILES string of the molecule is CC.CCC(CC(C)(CCC(=O)O)C(=O)O)c1ccccc1. The first kappa shape index (κ1) is 20.2. The van der Waals surface area contributed by atoms with Crippen molar-refractivity contribution in [3.8, 4) is 0 Å². The zero-order valence-corrected chi connectivity index (χ0v) is 14.0. The molecule has 0 radical (unpaired) electrons. The van der Waals surface area contributed by atoms with Crippen LogP contribution in [0.3, 0.4) is 0 Å². The van der Waals surface area contributed by atoms with Gasteiger partial charge in [-0.3, -0.25) is 9.59 Å². The molecule has 0 aliphatic heterocycles. The van der Waals surface area contributed by atoms with E-state index in [1.807, 2.05) is 51.1 Å². The molecule has 0 heterocycles. The molecule has 4 heteroatoms. The molecule has 0 saturated heterocycles. The van der Waals surface area contributed by atoms with Crippen molar-refractivity contribution in [2.24, 2.45) is 5.41 Å². The van der Waals surface area contributed by atoms with Crippen molar-refractivity contribution in [2.45, 2.75) is 59.3 Å². The second-order valence-electron chi connectivity index (χ2n) is 5.48. The van der Waals surface area contributed by atoms with Gasteiger partial charge in [-0.05, 0) is 37.7 Å². The Hall–Kier alpha value is -1.84. The Kier molecular flexibility index (Phi) is 9.15. The highest BCUT2D eigenvalue weighted by molar-refractivity contribution is 5.75. The Morgan fingerprint density at radius 1 is 1.14 bits per heavy atom. The van der Waals surface area contributed by atoms with Crippen LogP contribution < -0.4 is 0 Å². The maximum absolute atomic E-state index is 11.5. The lowest BCUT2D eigenvalue weighted by Gasteiger charge is -2.29. The summed E-state index contributed by atoms with van der Waals surface area (Å²) in [6.45, 7) is 7.67. The molecule has 0 amide bonds. The van der Waals surface area contributed by atoms with Gasteiger partial charge in [-0.2, -0.15) is 0 Å². The van der Waals surface area contributed by atoms with Crippen molar-refractivity contribution >= 4 is 11.9 Å². The highest BCUT2D eigenvalue weighted by Gasteiger charge is 2.36. The molecule has 0 aliphatic rings. The summed E-state index contributed by atoms with van der Waals surface area (Å²) in [6.07, 6.45) is 1.32. The van der Waals surface area contributed by atoms with Gasteiger partial charge in [0.1, 0.15) is 0 Å². The van der Waals surface area contributed by atoms with Crippen LogP contribution in [0.1, 0.15) is 64.9 Å². The molecule has 2 atom stereocenters. The summed E-state index contributed by atoms with van der Waals surface area (Å²) in [5, 5.41) is 18.2. The molecular formula is C18H28O4. The Bertz CT molecular complexity index is 455. The number of rotatable bonds is 8. The average molecular weight is 308 g/mol. The quantitative estimate of drug-likeness (QED) is 0.738. The van der Waals surface area contributed by atoms with Gasteiger partial charge in [0.05, 0.1) is 5.41 Å². The summed E-state index contributed by atoms with van der Waals surface area (Å²) in [5.74, 6) is -1.75. The molecule has 22 heavy (non-hydrogen) atoms. The lowest BCUT2D eigenvalue weighted by Crippen LogP contribution is -2.30. The van der Waals surface area contributed by atoms with Crippen molar-refractivity contribution in [1.82, 2.24) is 0 Å². The largest absolute Gasteiger partial charge is 0.481 e. The number of aliphatic carboxylic acids is 2. The topological polar surface area (TPSA) is 74.6 Å². The Morgan fingerprint density at radius 3 is 2.09 bits per heavy atom. The molecule has 1 aromatic carbocycles. The van der Waals surface area contributed by atoms with Gasteiger partial charge in [-0.25, -0.2) is 0 Å². The van der Waals surface area contributed by atoms with E-state index in [9.17, 15) is 14.7 Å². The van der Waals surface area contributed by atoms with Crippen LogP contribution in [0.5, 0.6) is 0 Å². The second-order valence-corrected chi connectivity index (χ2v) is 5.48. The fourth-order valence-corrected chi connectivity index (χ4v) is 2.45. The van der Waals surface area contributed by atoms with Crippen LogP contribution in [0.4, 0.5) is 0 Å². The van der Waals surface area contributed by atoms with Crippen molar-refractivity contribution < 1.29 is 19.8 Å². The van der Waals surface area contributed by atoms with E-state index >= 15 is 0 Å². The van der Waals surface area contributed by atoms with Crippen LogP contribution in [0.2, 0.25) is 0 Å². The van der Waals surface area contributed by atoms with E-state index in [1.165, 1.54) is 0 Å². The van der Waals surface area contributed by atoms with Gasteiger partial charge in [-0.15, -0.1) is 0 Å². The average Bonchev–Trinajstić information content (AvgIpc) is 2.53. The third-order valence-corrected chi connectivity index (χ3v) is 3.87. The van der Waals surface area contributed by atoms with Gasteiger partial charge in [0, 0.05) is 6.42 Å². The van der Waals surface area contributed by atoms with Crippen LogP contribution in [-0.2, 0) is 9.59 Å². The van der Waals surface area contributed by atoms with Crippen LogP contribution in [0.25, 0.3) is 0 Å². The summed E-state index contributed by atoms with van der Waals surface area (Å²) in [5.41, 5.74) is 0.104. The molecule has 2 unspecified atom stereocenters. The van der Waals surface area contributed by atoms with Gasteiger partial charge >= 0.3 is 11.9 Å². The molecule has 0 aromatic heterocycles. The highest BCUT2D eigenvalue weighted by Crippen LogP contribution is 2.37. The predicted octanol–water partition coefficient (Wildman–Crippen LogP) is 4.55. The standard InChI is InChI=1S/C16H22O4.C2H6/c1-3-12(13-7-5-4-6-8-13)11-16(2,15(19)20)10-9-14(17)18;1-2/h4-8,12H,3,9-11H2,1-2H3,(H,17,18)(H,19,20);1-2H3. The number of hydrogen-bond donors (Lipinski definition) is 2. The van der Waals surface area contributed by atoms with E-state index in [0.717, 1.165) is 12.0 Å². The number of carboxylic acids is 2. The third-order valence-electron chi connectivity index (χ3n) is 3.87. The molecule has 2 N–H and O–H groups in total. The normalized spacial score (nSPS) is 14.2. The summed E-state index contributed by atoms with van der Waals surface area (Å²) in [4.78, 5) is 22.2. The third kappa shape index (κ3) is 6.29. The monoisotopic (exact) mass is 308 g/mol. The first-order chi connectivity index (χ1) is 10.4. The van der Waals surface area contributed by atoms with E-state index in [0.29, 0.717) is 6.42 Å². The minimum Gasteiger partial charge on any atom is -0.481 e. The number of carboxylic acid groups (broad SMARTS) is 2. The zero-order chi connectivity index (χ0) is 17.2. The van der Waals surface area contributed by atoms with Crippen LogP contribution in [0.15, 0.2) is 30.3 Å². The lowest BCUT2D eigenvalue weighted by atomic mass is 9.74. The van der Waals surface area contributed by atoms with E-state index in [1.54, 1.807) is 6.92 Å². The summed E-state index contributed by atoms with van der Waals surface area (Å²) < 4.78 is 0. The lowest BCUT2D eigenvalue weighted by molar-refractivity contribution is -0.150. The highest BCUT2D eigenvalue weighted by atomic mass is 16.4. The molecular weight excluding hydrogens is 280 g/mol. The van der Waals surface area contributed by atoms with E-state index in [4.69, 9.17) is 5.11 Å². The molecule has 0 spiro atoms. The van der Waals surface area contributed by atoms with Crippen molar-refractivity contribution in [3.05, 3.63) is 35.9 Å². The summed E-state index contributed by atoms with van der Waals surface area (Å²) >= 11 is 0. The number of benzene rings is 1. The Labute approximate surface area is 133 Å². The first-order valence-corrected chi connectivity index (χ1v) is 7.89. The van der Waals surface area contributed by atoms with E-state index < -0.39 is 17.4 Å². The molecule has 124 valence electrons. The van der Waals surface area contributed by atoms with Gasteiger partial charge in [0.2, 0.25) is 0 Å². The number of carbonyl (C=O) groups is 2. The maximum atomic E-state index is 11.5. The van der Waals surface area contributed by atoms with E-state index in [2.05, 4.69) is 0 Å². The minimum atomic E-state index is -1.01. The summed E-state index contributed by atoms with van der Waals surface area (Å²) in [7, 11) is 0. The van der Waals surface area contributed by atoms with Gasteiger partial charge < -0.3 is 10.2 Å². The molecule has 1 rings (SSSR count). The molecule has 0 saturated carbocycles. The first-order valence-electron chi connectivity index (χ1n) is 7.89. The van der Waals surface area contributed by atoms with Crippen molar-refractivity contribution in [3.63, 3.8) is 0 Å². The number of hydrogen-bond acceptors (Lipinski definition) is 2. The van der Waals surface area contributed by atoms with Crippen LogP contribution in [0, 0.1) is 5.41 Å². The van der Waals surface area contributed by atoms with E-state index in [-0.39, 0.29) is 18.8 Å². The van der Waals surface area contributed by atoms with Crippen molar-refractivity contribution in [2.75, 3.05) is 0 Å². The fraction of sp³-hybridized carbons (Fsp3) is 0.556.